The summed E-state index contributed by atoms with van der Waals surface area (Å²) in [5.74, 6) is 1.23. The van der Waals surface area contributed by atoms with E-state index >= 15 is 0 Å². The molecule has 0 saturated heterocycles. The number of amides is 1. The lowest BCUT2D eigenvalue weighted by Gasteiger charge is -2.14. The Labute approximate surface area is 231 Å². The third kappa shape index (κ3) is 7.06. The SMILES string of the molecule is COc1cc(C=NNC(=O)[C@@H](C)Oc2ccc(-c3ccccc3)cc2)ccc1OCc1c(Cl)cccc1Cl. The average Bonchev–Trinajstić information content (AvgIpc) is 2.94. The summed E-state index contributed by atoms with van der Waals surface area (Å²) in [5, 5.41) is 5.10. The molecule has 4 rings (SSSR count). The van der Waals surface area contributed by atoms with Crippen LogP contribution in [0.25, 0.3) is 11.1 Å². The van der Waals surface area contributed by atoms with Crippen LogP contribution in [0.2, 0.25) is 10.0 Å². The van der Waals surface area contributed by atoms with Gasteiger partial charge in [-0.3, -0.25) is 4.79 Å². The van der Waals surface area contributed by atoms with E-state index in [9.17, 15) is 4.79 Å². The van der Waals surface area contributed by atoms with Crippen LogP contribution in [0.5, 0.6) is 17.2 Å². The molecule has 0 unspecified atom stereocenters. The molecule has 0 aromatic heterocycles. The van der Waals surface area contributed by atoms with Gasteiger partial charge in [0.1, 0.15) is 12.4 Å². The molecule has 0 heterocycles. The van der Waals surface area contributed by atoms with E-state index in [0.717, 1.165) is 11.1 Å². The zero-order valence-electron chi connectivity index (χ0n) is 20.9. The van der Waals surface area contributed by atoms with Crippen molar-refractivity contribution in [1.29, 1.82) is 0 Å². The largest absolute Gasteiger partial charge is 0.493 e. The van der Waals surface area contributed by atoms with Gasteiger partial charge in [-0.1, -0.05) is 71.7 Å². The van der Waals surface area contributed by atoms with Crippen LogP contribution < -0.4 is 19.6 Å². The van der Waals surface area contributed by atoms with Crippen LogP contribution in [0.3, 0.4) is 0 Å². The van der Waals surface area contributed by atoms with Crippen molar-refractivity contribution >= 4 is 35.3 Å². The highest BCUT2D eigenvalue weighted by Gasteiger charge is 2.14. The number of hydrogen-bond donors (Lipinski definition) is 1. The third-order valence-corrected chi connectivity index (χ3v) is 6.36. The van der Waals surface area contributed by atoms with Crippen molar-refractivity contribution < 1.29 is 19.0 Å². The molecule has 1 N–H and O–H groups in total. The molecule has 0 aliphatic rings. The minimum absolute atomic E-state index is 0.186. The molecule has 0 bridgehead atoms. The van der Waals surface area contributed by atoms with Crippen molar-refractivity contribution in [3.05, 3.63) is 112 Å². The number of rotatable bonds is 10. The van der Waals surface area contributed by atoms with Crippen LogP contribution in [-0.2, 0) is 11.4 Å². The Bertz CT molecular complexity index is 1390. The van der Waals surface area contributed by atoms with Gasteiger partial charge in [0, 0.05) is 15.6 Å². The molecular weight excluding hydrogens is 523 g/mol. The van der Waals surface area contributed by atoms with Crippen LogP contribution in [0, 0.1) is 0 Å². The summed E-state index contributed by atoms with van der Waals surface area (Å²) in [4.78, 5) is 12.5. The fraction of sp³-hybridized carbons (Fsp3) is 0.133. The number of nitrogens with one attached hydrogen (secondary N) is 1. The molecule has 0 saturated carbocycles. The number of benzene rings is 4. The van der Waals surface area contributed by atoms with Crippen molar-refractivity contribution in [2.24, 2.45) is 5.10 Å². The van der Waals surface area contributed by atoms with Crippen molar-refractivity contribution in [2.45, 2.75) is 19.6 Å². The normalized spacial score (nSPS) is 11.7. The molecule has 194 valence electrons. The van der Waals surface area contributed by atoms with E-state index < -0.39 is 6.10 Å². The van der Waals surface area contributed by atoms with Gasteiger partial charge in [-0.05, 0) is 66.1 Å². The number of hydrogen-bond acceptors (Lipinski definition) is 5. The van der Waals surface area contributed by atoms with Gasteiger partial charge in [0.05, 0.1) is 13.3 Å². The van der Waals surface area contributed by atoms with Crippen LogP contribution >= 0.6 is 23.2 Å². The highest BCUT2D eigenvalue weighted by Crippen LogP contribution is 2.31. The molecule has 0 aliphatic heterocycles. The second-order valence-corrected chi connectivity index (χ2v) is 9.10. The molecule has 0 fully saturated rings. The maximum atomic E-state index is 12.5. The molecule has 4 aromatic carbocycles. The highest BCUT2D eigenvalue weighted by atomic mass is 35.5. The van der Waals surface area contributed by atoms with Gasteiger partial charge in [-0.2, -0.15) is 5.10 Å². The smallest absolute Gasteiger partial charge is 0.280 e. The summed E-state index contributed by atoms with van der Waals surface area (Å²) in [6.45, 7) is 1.85. The van der Waals surface area contributed by atoms with Crippen molar-refractivity contribution in [2.75, 3.05) is 7.11 Å². The summed E-state index contributed by atoms with van der Waals surface area (Å²) >= 11 is 12.4. The maximum absolute atomic E-state index is 12.5. The van der Waals surface area contributed by atoms with E-state index in [1.807, 2.05) is 54.6 Å². The number of hydrazone groups is 1. The zero-order chi connectivity index (χ0) is 26.9. The molecular formula is C30H26Cl2N2O4. The minimum atomic E-state index is -0.739. The second-order valence-electron chi connectivity index (χ2n) is 8.28. The highest BCUT2D eigenvalue weighted by molar-refractivity contribution is 6.35. The number of ether oxygens (including phenoxy) is 3. The Morgan fingerprint density at radius 3 is 2.26 bits per heavy atom. The predicted molar refractivity (Wildman–Crippen MR) is 151 cm³/mol. The first kappa shape index (κ1) is 27.0. The van der Waals surface area contributed by atoms with Gasteiger partial charge in [-0.15, -0.1) is 0 Å². The van der Waals surface area contributed by atoms with E-state index in [1.54, 1.807) is 50.4 Å². The zero-order valence-corrected chi connectivity index (χ0v) is 22.4. The van der Waals surface area contributed by atoms with Gasteiger partial charge >= 0.3 is 0 Å². The van der Waals surface area contributed by atoms with Gasteiger partial charge < -0.3 is 14.2 Å². The Morgan fingerprint density at radius 1 is 0.895 bits per heavy atom. The van der Waals surface area contributed by atoms with E-state index in [2.05, 4.69) is 10.5 Å². The summed E-state index contributed by atoms with van der Waals surface area (Å²) in [6, 6.07) is 28.2. The fourth-order valence-electron chi connectivity index (χ4n) is 3.58. The third-order valence-electron chi connectivity index (χ3n) is 5.65. The number of carbonyl (C=O) groups is 1. The second kappa shape index (κ2) is 13.0. The number of carbonyl (C=O) groups excluding carboxylic acids is 1. The average molecular weight is 549 g/mol. The van der Waals surface area contributed by atoms with Crippen LogP contribution in [0.15, 0.2) is 96.1 Å². The summed E-state index contributed by atoms with van der Waals surface area (Å²) in [6.07, 6.45) is 0.771. The molecule has 0 spiro atoms. The standard InChI is InChI=1S/C30H26Cl2N2O4/c1-20(38-24-14-12-23(13-15-24)22-7-4-3-5-8-22)30(35)34-33-18-21-11-16-28(29(17-21)36-2)37-19-25-26(31)9-6-10-27(25)32/h3-18,20H,19H2,1-2H3,(H,34,35)/t20-/m1/s1. The van der Waals surface area contributed by atoms with E-state index in [0.29, 0.717) is 38.4 Å². The molecule has 1 amide bonds. The van der Waals surface area contributed by atoms with Crippen molar-refractivity contribution in [1.82, 2.24) is 5.43 Å². The number of methoxy groups -OCH3 is 1. The Balaban J connectivity index is 1.31. The molecule has 0 aliphatic carbocycles. The topological polar surface area (TPSA) is 69.2 Å². The Kier molecular flexibility index (Phi) is 9.25. The van der Waals surface area contributed by atoms with Gasteiger partial charge in [0.15, 0.2) is 17.6 Å². The van der Waals surface area contributed by atoms with Gasteiger partial charge in [-0.25, -0.2) is 5.43 Å². The Hall–Kier alpha value is -4.00. The van der Waals surface area contributed by atoms with Crippen LogP contribution in [0.4, 0.5) is 0 Å². The first-order valence-electron chi connectivity index (χ1n) is 11.8. The molecule has 1 atom stereocenters. The predicted octanol–water partition coefficient (Wildman–Crippen LogP) is 7.17. The summed E-state index contributed by atoms with van der Waals surface area (Å²) in [7, 11) is 1.54. The first-order valence-corrected chi connectivity index (χ1v) is 12.6. The Morgan fingerprint density at radius 2 is 1.58 bits per heavy atom. The maximum Gasteiger partial charge on any atom is 0.280 e. The molecule has 4 aromatic rings. The minimum Gasteiger partial charge on any atom is -0.493 e. The van der Waals surface area contributed by atoms with Gasteiger partial charge in [0.2, 0.25) is 0 Å². The quantitative estimate of drug-likeness (QED) is 0.168. The van der Waals surface area contributed by atoms with Crippen LogP contribution in [0.1, 0.15) is 18.1 Å². The van der Waals surface area contributed by atoms with Crippen molar-refractivity contribution in [3.63, 3.8) is 0 Å². The van der Waals surface area contributed by atoms with Crippen LogP contribution in [-0.4, -0.2) is 25.3 Å². The van der Waals surface area contributed by atoms with E-state index in [1.165, 1.54) is 6.21 Å². The lowest BCUT2D eigenvalue weighted by Crippen LogP contribution is -2.33. The van der Waals surface area contributed by atoms with Crippen molar-refractivity contribution in [3.8, 4) is 28.4 Å². The molecule has 8 heteroatoms. The lowest BCUT2D eigenvalue weighted by molar-refractivity contribution is -0.127. The molecule has 38 heavy (non-hydrogen) atoms. The lowest BCUT2D eigenvalue weighted by atomic mass is 10.1. The monoisotopic (exact) mass is 548 g/mol. The van der Waals surface area contributed by atoms with E-state index in [4.69, 9.17) is 37.4 Å². The van der Waals surface area contributed by atoms with Gasteiger partial charge in [0.25, 0.3) is 5.91 Å². The van der Waals surface area contributed by atoms with E-state index in [-0.39, 0.29) is 12.5 Å². The number of nitrogens with zero attached hydrogens (tertiary/aromatic N) is 1. The summed E-state index contributed by atoms with van der Waals surface area (Å²) < 4.78 is 17.1. The molecule has 6 nitrogen and oxygen atoms in total. The fourth-order valence-corrected chi connectivity index (χ4v) is 4.09. The summed E-state index contributed by atoms with van der Waals surface area (Å²) in [5.41, 5.74) is 6.08. The number of halogens is 2. The first-order chi connectivity index (χ1) is 18.4. The molecule has 0 radical (unpaired) electrons.